The first-order chi connectivity index (χ1) is 8.95. The van der Waals surface area contributed by atoms with Crippen LogP contribution in [0.1, 0.15) is 45.5 Å². The van der Waals surface area contributed by atoms with E-state index in [-0.39, 0.29) is 0 Å². The van der Waals surface area contributed by atoms with Gasteiger partial charge in [-0.25, -0.2) is 0 Å². The molecule has 0 aliphatic rings. The summed E-state index contributed by atoms with van der Waals surface area (Å²) in [7, 11) is 1.97. The third kappa shape index (κ3) is 5.00. The quantitative estimate of drug-likeness (QED) is 0.613. The van der Waals surface area contributed by atoms with Gasteiger partial charge in [-0.3, -0.25) is 4.68 Å². The highest BCUT2D eigenvalue weighted by Gasteiger charge is 2.12. The second kappa shape index (κ2) is 7.71. The van der Waals surface area contributed by atoms with Gasteiger partial charge in [0.1, 0.15) is 0 Å². The van der Waals surface area contributed by atoms with Gasteiger partial charge in [-0.15, -0.1) is 0 Å². The highest BCUT2D eigenvalue weighted by atomic mass is 35.5. The Bertz CT molecular complexity index is 433. The largest absolute Gasteiger partial charge is 0.314 e. The number of hydrogen-bond donors (Lipinski definition) is 1. The van der Waals surface area contributed by atoms with Gasteiger partial charge in [0.2, 0.25) is 0 Å². The van der Waals surface area contributed by atoms with E-state index >= 15 is 0 Å². The molecule has 0 bridgehead atoms. The van der Waals surface area contributed by atoms with Gasteiger partial charge in [0.25, 0.3) is 0 Å². The van der Waals surface area contributed by atoms with E-state index in [0.717, 1.165) is 42.2 Å². The van der Waals surface area contributed by atoms with Crippen molar-refractivity contribution >= 4 is 11.6 Å². The molecule has 0 unspecified atom stereocenters. The van der Waals surface area contributed by atoms with Crippen LogP contribution in [0.2, 0.25) is 5.02 Å². The van der Waals surface area contributed by atoms with Crippen molar-refractivity contribution in [1.29, 1.82) is 0 Å². The predicted octanol–water partition coefficient (Wildman–Crippen LogP) is 3.51. The molecule has 0 radical (unpaired) electrons. The van der Waals surface area contributed by atoms with Crippen LogP contribution in [0.4, 0.5) is 0 Å². The molecule has 0 saturated carbocycles. The van der Waals surface area contributed by atoms with Gasteiger partial charge in [0.05, 0.1) is 16.4 Å². The van der Waals surface area contributed by atoms with Gasteiger partial charge in [-0.1, -0.05) is 44.0 Å². The van der Waals surface area contributed by atoms with Crippen molar-refractivity contribution in [1.82, 2.24) is 15.1 Å². The van der Waals surface area contributed by atoms with E-state index < -0.39 is 0 Å². The summed E-state index contributed by atoms with van der Waals surface area (Å²) < 4.78 is 1.91. The van der Waals surface area contributed by atoms with Crippen molar-refractivity contribution in [2.75, 3.05) is 6.54 Å². The Kier molecular flexibility index (Phi) is 6.59. The molecule has 1 aromatic rings. The highest BCUT2D eigenvalue weighted by molar-refractivity contribution is 6.31. The van der Waals surface area contributed by atoms with Crippen molar-refractivity contribution in [3.8, 4) is 0 Å². The lowest BCUT2D eigenvalue weighted by Gasteiger charge is -2.07. The van der Waals surface area contributed by atoms with Crippen LogP contribution in [0.3, 0.4) is 0 Å². The van der Waals surface area contributed by atoms with E-state index in [1.54, 1.807) is 0 Å². The molecule has 0 amide bonds. The molecule has 0 atom stereocenters. The molecule has 0 aliphatic carbocycles. The summed E-state index contributed by atoms with van der Waals surface area (Å²) in [6.07, 6.45) is 5.10. The predicted molar refractivity (Wildman–Crippen MR) is 82.8 cm³/mol. The van der Waals surface area contributed by atoms with Gasteiger partial charge in [0.15, 0.2) is 0 Å². The number of aryl methyl sites for hydroxylation is 2. The average Bonchev–Trinajstić information content (AvgIpc) is 2.62. The summed E-state index contributed by atoms with van der Waals surface area (Å²) in [5, 5.41) is 8.69. The summed E-state index contributed by atoms with van der Waals surface area (Å²) in [4.78, 5) is 0. The lowest BCUT2D eigenvalue weighted by atomic mass is 10.1. The third-order valence-electron chi connectivity index (χ3n) is 3.14. The molecule has 1 aromatic heterocycles. The third-order valence-corrected chi connectivity index (χ3v) is 3.58. The maximum absolute atomic E-state index is 6.35. The van der Waals surface area contributed by atoms with Crippen molar-refractivity contribution in [3.63, 3.8) is 0 Å². The summed E-state index contributed by atoms with van der Waals surface area (Å²) >= 11 is 6.35. The molecule has 0 aliphatic heterocycles. The van der Waals surface area contributed by atoms with E-state index in [4.69, 9.17) is 11.6 Å². The normalized spacial score (nSPS) is 12.5. The van der Waals surface area contributed by atoms with E-state index in [0.29, 0.717) is 6.04 Å². The SMILES string of the molecule is CCc1nn(C)c(CC(C)=CCCNC(C)C)c1Cl. The van der Waals surface area contributed by atoms with Crippen LogP contribution in [0.5, 0.6) is 0 Å². The Hall–Kier alpha value is -0.800. The van der Waals surface area contributed by atoms with Crippen LogP contribution in [0.15, 0.2) is 11.6 Å². The van der Waals surface area contributed by atoms with E-state index in [1.807, 2.05) is 11.7 Å². The number of halogens is 1. The maximum Gasteiger partial charge on any atom is 0.0853 e. The van der Waals surface area contributed by atoms with Gasteiger partial charge in [-0.2, -0.15) is 5.10 Å². The minimum absolute atomic E-state index is 0.548. The molecule has 1 N–H and O–H groups in total. The second-order valence-electron chi connectivity index (χ2n) is 5.31. The Morgan fingerprint density at radius 1 is 1.47 bits per heavy atom. The van der Waals surface area contributed by atoms with Crippen LogP contribution in [0, 0.1) is 0 Å². The molecule has 19 heavy (non-hydrogen) atoms. The minimum atomic E-state index is 0.548. The number of aromatic nitrogens is 2. The summed E-state index contributed by atoms with van der Waals surface area (Å²) in [6, 6.07) is 0.548. The zero-order valence-corrected chi connectivity index (χ0v) is 13.5. The molecule has 0 fully saturated rings. The first-order valence-electron chi connectivity index (χ1n) is 7.05. The number of nitrogens with one attached hydrogen (secondary N) is 1. The van der Waals surface area contributed by atoms with E-state index in [1.165, 1.54) is 5.57 Å². The lowest BCUT2D eigenvalue weighted by molar-refractivity contribution is 0.594. The fourth-order valence-electron chi connectivity index (χ4n) is 2.04. The summed E-state index contributed by atoms with van der Waals surface area (Å²) in [5.41, 5.74) is 3.45. The van der Waals surface area contributed by atoms with E-state index in [2.05, 4.69) is 44.2 Å². The van der Waals surface area contributed by atoms with Gasteiger partial charge < -0.3 is 5.32 Å². The number of allylic oxidation sites excluding steroid dienone is 1. The van der Waals surface area contributed by atoms with Gasteiger partial charge in [-0.05, 0) is 26.3 Å². The Labute approximate surface area is 122 Å². The minimum Gasteiger partial charge on any atom is -0.314 e. The zero-order valence-electron chi connectivity index (χ0n) is 12.8. The molecular formula is C15H26ClN3. The van der Waals surface area contributed by atoms with Crippen molar-refractivity contribution in [2.45, 2.75) is 53.0 Å². The molecule has 0 saturated heterocycles. The fraction of sp³-hybridized carbons (Fsp3) is 0.667. The number of hydrogen-bond acceptors (Lipinski definition) is 2. The number of rotatable bonds is 7. The molecule has 108 valence electrons. The van der Waals surface area contributed by atoms with Gasteiger partial charge in [0, 0.05) is 19.5 Å². The molecule has 3 nitrogen and oxygen atoms in total. The van der Waals surface area contributed by atoms with Gasteiger partial charge >= 0.3 is 0 Å². The molecule has 1 heterocycles. The molecule has 4 heteroatoms. The van der Waals surface area contributed by atoms with Crippen LogP contribution < -0.4 is 5.32 Å². The number of nitrogens with zero attached hydrogens (tertiary/aromatic N) is 2. The molecular weight excluding hydrogens is 258 g/mol. The highest BCUT2D eigenvalue weighted by Crippen LogP contribution is 2.23. The standard InChI is InChI=1S/C15H26ClN3/c1-6-13-15(16)14(19(5)18-13)10-12(4)8-7-9-17-11(2)3/h8,11,17H,6-7,9-10H2,1-5H3. The van der Waals surface area contributed by atoms with Crippen LogP contribution in [0.25, 0.3) is 0 Å². The Morgan fingerprint density at radius 2 is 2.16 bits per heavy atom. The first kappa shape index (κ1) is 16.3. The lowest BCUT2D eigenvalue weighted by Crippen LogP contribution is -2.23. The van der Waals surface area contributed by atoms with Crippen LogP contribution >= 0.6 is 11.6 Å². The fourth-order valence-corrected chi connectivity index (χ4v) is 2.40. The summed E-state index contributed by atoms with van der Waals surface area (Å²) in [5.74, 6) is 0. The first-order valence-corrected chi connectivity index (χ1v) is 7.42. The van der Waals surface area contributed by atoms with E-state index in [9.17, 15) is 0 Å². The smallest absolute Gasteiger partial charge is 0.0853 e. The molecule has 0 aromatic carbocycles. The zero-order chi connectivity index (χ0) is 14.4. The van der Waals surface area contributed by atoms with Crippen molar-refractivity contribution in [2.24, 2.45) is 7.05 Å². The molecule has 1 rings (SSSR count). The van der Waals surface area contributed by atoms with Crippen LogP contribution in [-0.2, 0) is 19.9 Å². The molecule has 0 spiro atoms. The monoisotopic (exact) mass is 283 g/mol. The van der Waals surface area contributed by atoms with Crippen molar-refractivity contribution < 1.29 is 0 Å². The Morgan fingerprint density at radius 3 is 2.68 bits per heavy atom. The maximum atomic E-state index is 6.35. The van der Waals surface area contributed by atoms with Crippen LogP contribution in [-0.4, -0.2) is 22.4 Å². The second-order valence-corrected chi connectivity index (χ2v) is 5.69. The van der Waals surface area contributed by atoms with Crippen molar-refractivity contribution in [3.05, 3.63) is 28.1 Å². The Balaban J connectivity index is 2.59. The topological polar surface area (TPSA) is 29.9 Å². The summed E-state index contributed by atoms with van der Waals surface area (Å²) in [6.45, 7) is 9.59. The average molecular weight is 284 g/mol.